The summed E-state index contributed by atoms with van der Waals surface area (Å²) in [6, 6.07) is 0. The number of aliphatic hydroxyl groups excluding tert-OH is 2. The highest BCUT2D eigenvalue weighted by Crippen LogP contribution is 2.35. The predicted molar refractivity (Wildman–Crippen MR) is 73.9 cm³/mol. The van der Waals surface area contributed by atoms with Crippen molar-refractivity contribution in [3.8, 4) is 0 Å². The zero-order valence-electron chi connectivity index (χ0n) is 12.4. The molecule has 0 radical (unpaired) electrons. The summed E-state index contributed by atoms with van der Waals surface area (Å²) >= 11 is 0. The molecule has 1 aliphatic heterocycles. The fraction of sp³-hybridized carbons (Fsp3) is 0.800. The molecule has 1 heterocycles. The van der Waals surface area contributed by atoms with Crippen LogP contribution in [0.3, 0.4) is 0 Å². The lowest BCUT2D eigenvalue weighted by Crippen LogP contribution is -2.47. The molecule has 118 valence electrons. The van der Waals surface area contributed by atoms with Crippen LogP contribution in [0.4, 0.5) is 0 Å². The molecule has 1 saturated carbocycles. The predicted octanol–water partition coefficient (Wildman–Crippen LogP) is 0.0123. The largest absolute Gasteiger partial charge is 0.392 e. The molecule has 6 nitrogen and oxygen atoms in total. The van der Waals surface area contributed by atoms with Crippen molar-refractivity contribution in [2.24, 2.45) is 23.7 Å². The topological polar surface area (TPSA) is 104 Å². The molecule has 0 aromatic rings. The summed E-state index contributed by atoms with van der Waals surface area (Å²) in [6.07, 6.45) is -0.403. The van der Waals surface area contributed by atoms with E-state index in [-0.39, 0.29) is 48.7 Å². The fourth-order valence-electron chi connectivity index (χ4n) is 3.53. The highest BCUT2D eigenvalue weighted by Gasteiger charge is 2.42. The number of piperidine rings is 1. The molecule has 0 aromatic carbocycles. The van der Waals surface area contributed by atoms with Crippen LogP contribution >= 0.6 is 0 Å². The maximum absolute atomic E-state index is 12.2. The second-order valence-corrected chi connectivity index (χ2v) is 6.55. The lowest BCUT2D eigenvalue weighted by Gasteiger charge is -2.37. The Labute approximate surface area is 123 Å². The molecular formula is C15H23NO5. The van der Waals surface area contributed by atoms with Crippen LogP contribution in [0.2, 0.25) is 0 Å². The van der Waals surface area contributed by atoms with Crippen LogP contribution in [0.15, 0.2) is 0 Å². The summed E-state index contributed by atoms with van der Waals surface area (Å²) in [5.41, 5.74) is 0. The second kappa shape index (κ2) is 6.23. The first-order valence-corrected chi connectivity index (χ1v) is 7.52. The zero-order valence-corrected chi connectivity index (χ0v) is 12.4. The maximum Gasteiger partial charge on any atom is 0.226 e. The van der Waals surface area contributed by atoms with Gasteiger partial charge in [-0.3, -0.25) is 19.7 Å². The molecule has 0 bridgehead atoms. The number of ketones is 1. The van der Waals surface area contributed by atoms with E-state index in [0.717, 1.165) is 0 Å². The second-order valence-electron chi connectivity index (χ2n) is 6.55. The standard InChI is InChI=1S/C15H23NO5/c1-7-3-10(15(21)8(2)14(7)20)11(17)4-9-5-12(18)16-13(19)6-9/h7-11,14,17,20H,3-6H2,1-2H3,(H,16,18,19)/t7-,8-,10+,11-,14+/m1/s1. The Balaban J connectivity index is 1.99. The van der Waals surface area contributed by atoms with Gasteiger partial charge < -0.3 is 10.2 Å². The van der Waals surface area contributed by atoms with Gasteiger partial charge in [-0.15, -0.1) is 0 Å². The molecule has 0 unspecified atom stereocenters. The van der Waals surface area contributed by atoms with Gasteiger partial charge in [0.2, 0.25) is 11.8 Å². The molecule has 0 aromatic heterocycles. The number of amides is 2. The van der Waals surface area contributed by atoms with Gasteiger partial charge in [0.05, 0.1) is 12.2 Å². The van der Waals surface area contributed by atoms with Gasteiger partial charge in [-0.2, -0.15) is 0 Å². The normalized spacial score (nSPS) is 36.5. The van der Waals surface area contributed by atoms with Crippen LogP contribution in [-0.2, 0) is 14.4 Å². The first-order chi connectivity index (χ1) is 9.79. The Morgan fingerprint density at radius 2 is 1.76 bits per heavy atom. The molecule has 2 amide bonds. The first-order valence-electron chi connectivity index (χ1n) is 7.52. The number of Topliss-reactive ketones (excluding diaryl/α,β-unsaturated/α-hetero) is 1. The molecule has 3 N–H and O–H groups in total. The first kappa shape index (κ1) is 16.1. The Morgan fingerprint density at radius 3 is 2.33 bits per heavy atom. The molecule has 0 spiro atoms. The van der Waals surface area contributed by atoms with Crippen LogP contribution in [0.1, 0.15) is 39.5 Å². The van der Waals surface area contributed by atoms with Crippen molar-refractivity contribution in [2.45, 2.75) is 51.7 Å². The summed E-state index contributed by atoms with van der Waals surface area (Å²) < 4.78 is 0. The summed E-state index contributed by atoms with van der Waals surface area (Å²) in [5, 5.41) is 22.5. The minimum Gasteiger partial charge on any atom is -0.392 e. The van der Waals surface area contributed by atoms with Crippen molar-refractivity contribution in [3.05, 3.63) is 0 Å². The number of carbonyl (C=O) groups is 3. The van der Waals surface area contributed by atoms with Crippen molar-refractivity contribution in [2.75, 3.05) is 0 Å². The van der Waals surface area contributed by atoms with E-state index in [9.17, 15) is 24.6 Å². The van der Waals surface area contributed by atoms with Crippen molar-refractivity contribution >= 4 is 17.6 Å². The van der Waals surface area contributed by atoms with Crippen LogP contribution in [0.5, 0.6) is 0 Å². The van der Waals surface area contributed by atoms with Gasteiger partial charge in [0.25, 0.3) is 0 Å². The van der Waals surface area contributed by atoms with Gasteiger partial charge in [0.15, 0.2) is 0 Å². The van der Waals surface area contributed by atoms with Crippen molar-refractivity contribution < 1.29 is 24.6 Å². The summed E-state index contributed by atoms with van der Waals surface area (Å²) in [6.45, 7) is 3.55. The number of nitrogens with one attached hydrogen (secondary N) is 1. The quantitative estimate of drug-likeness (QED) is 0.637. The molecule has 2 fully saturated rings. The summed E-state index contributed by atoms with van der Waals surface area (Å²) in [5.74, 6) is -2.03. The average molecular weight is 297 g/mol. The van der Waals surface area contributed by atoms with E-state index in [1.165, 1.54) is 0 Å². The van der Waals surface area contributed by atoms with E-state index in [1.807, 2.05) is 6.92 Å². The molecule has 21 heavy (non-hydrogen) atoms. The third-order valence-corrected chi connectivity index (χ3v) is 4.80. The molecule has 2 rings (SSSR count). The Kier molecular flexibility index (Phi) is 4.78. The van der Waals surface area contributed by atoms with Crippen LogP contribution in [0, 0.1) is 23.7 Å². The molecular weight excluding hydrogens is 274 g/mol. The molecule has 1 saturated heterocycles. The van der Waals surface area contributed by atoms with E-state index in [0.29, 0.717) is 6.42 Å². The summed E-state index contributed by atoms with van der Waals surface area (Å²) in [4.78, 5) is 34.9. The van der Waals surface area contributed by atoms with Gasteiger partial charge in [0, 0.05) is 24.7 Å². The van der Waals surface area contributed by atoms with Crippen LogP contribution < -0.4 is 5.32 Å². The molecule has 2 aliphatic rings. The SMILES string of the molecule is C[C@@H]1C[C@@H]([C@H](O)CC2CC(=O)NC(=O)C2)C(=O)[C@H](C)[C@H]1O. The van der Waals surface area contributed by atoms with Crippen molar-refractivity contribution in [3.63, 3.8) is 0 Å². The van der Waals surface area contributed by atoms with Crippen molar-refractivity contribution in [1.29, 1.82) is 0 Å². The minimum absolute atomic E-state index is 0.0476. The van der Waals surface area contributed by atoms with E-state index in [2.05, 4.69) is 5.32 Å². The number of hydrogen-bond acceptors (Lipinski definition) is 5. The number of carbonyl (C=O) groups excluding carboxylic acids is 3. The number of rotatable bonds is 3. The summed E-state index contributed by atoms with van der Waals surface area (Å²) in [7, 11) is 0. The lowest BCUT2D eigenvalue weighted by atomic mass is 9.70. The molecule has 6 heteroatoms. The highest BCUT2D eigenvalue weighted by molar-refractivity contribution is 5.97. The highest BCUT2D eigenvalue weighted by atomic mass is 16.3. The van der Waals surface area contributed by atoms with Gasteiger partial charge in [0.1, 0.15) is 5.78 Å². The average Bonchev–Trinajstić information content (AvgIpc) is 2.39. The van der Waals surface area contributed by atoms with Crippen LogP contribution in [0.25, 0.3) is 0 Å². The third-order valence-electron chi connectivity index (χ3n) is 4.80. The zero-order chi connectivity index (χ0) is 15.7. The molecule has 1 aliphatic carbocycles. The van der Waals surface area contributed by atoms with Gasteiger partial charge in [-0.1, -0.05) is 13.8 Å². The van der Waals surface area contributed by atoms with Crippen molar-refractivity contribution in [1.82, 2.24) is 5.32 Å². The van der Waals surface area contributed by atoms with Gasteiger partial charge in [-0.05, 0) is 24.7 Å². The van der Waals surface area contributed by atoms with Crippen LogP contribution in [-0.4, -0.2) is 40.0 Å². The number of hydrogen-bond donors (Lipinski definition) is 3. The van der Waals surface area contributed by atoms with Gasteiger partial charge >= 0.3 is 0 Å². The minimum atomic E-state index is -0.862. The molecule has 5 atom stereocenters. The Morgan fingerprint density at radius 1 is 1.19 bits per heavy atom. The smallest absolute Gasteiger partial charge is 0.226 e. The van der Waals surface area contributed by atoms with Gasteiger partial charge in [-0.25, -0.2) is 0 Å². The lowest BCUT2D eigenvalue weighted by molar-refractivity contribution is -0.142. The van der Waals surface area contributed by atoms with E-state index < -0.39 is 24.0 Å². The fourth-order valence-corrected chi connectivity index (χ4v) is 3.53. The van der Waals surface area contributed by atoms with E-state index in [1.54, 1.807) is 6.92 Å². The Hall–Kier alpha value is -1.27. The van der Waals surface area contributed by atoms with E-state index >= 15 is 0 Å². The third kappa shape index (κ3) is 3.49. The number of aliphatic hydroxyl groups is 2. The van der Waals surface area contributed by atoms with E-state index in [4.69, 9.17) is 0 Å². The maximum atomic E-state index is 12.2. The Bertz CT molecular complexity index is 433. The monoisotopic (exact) mass is 297 g/mol. The number of imide groups is 1.